The summed E-state index contributed by atoms with van der Waals surface area (Å²) in [4.78, 5) is 19.4. The van der Waals surface area contributed by atoms with Crippen molar-refractivity contribution in [3.63, 3.8) is 0 Å². The Morgan fingerprint density at radius 2 is 2.04 bits per heavy atom. The number of halogens is 1. The Labute approximate surface area is 154 Å². The molecule has 4 rings (SSSR count). The number of ether oxygens (including phenoxy) is 1. The molecule has 2 N–H and O–H groups in total. The smallest absolute Gasteiger partial charge is 0.272 e. The molecule has 0 bridgehead atoms. The molecule has 0 radical (unpaired) electrons. The highest BCUT2D eigenvalue weighted by atomic mass is 19.1. The van der Waals surface area contributed by atoms with Crippen LogP contribution in [-0.4, -0.2) is 15.9 Å². The molecule has 1 amide bonds. The van der Waals surface area contributed by atoms with E-state index in [1.165, 1.54) is 12.1 Å². The molecule has 5 nitrogen and oxygen atoms in total. The number of nitrogens with zero attached hydrogens (tertiary/aromatic N) is 1. The monoisotopic (exact) mass is 361 g/mol. The van der Waals surface area contributed by atoms with E-state index in [0.717, 1.165) is 5.56 Å². The first kappa shape index (κ1) is 16.8. The maximum Gasteiger partial charge on any atom is 0.272 e. The first-order valence-corrected chi connectivity index (χ1v) is 8.37. The number of fused-ring (bicyclic) bond motifs is 1. The Morgan fingerprint density at radius 3 is 2.78 bits per heavy atom. The number of pyridine rings is 1. The minimum Gasteiger partial charge on any atom is -0.455 e. The number of carbonyl (C=O) groups is 1. The van der Waals surface area contributed by atoms with E-state index < -0.39 is 0 Å². The van der Waals surface area contributed by atoms with E-state index in [1.54, 1.807) is 42.7 Å². The molecule has 0 aliphatic carbocycles. The molecule has 27 heavy (non-hydrogen) atoms. The Morgan fingerprint density at radius 1 is 1.15 bits per heavy atom. The first-order valence-electron chi connectivity index (χ1n) is 8.37. The van der Waals surface area contributed by atoms with Crippen molar-refractivity contribution < 1.29 is 13.9 Å². The van der Waals surface area contributed by atoms with Crippen molar-refractivity contribution >= 4 is 22.5 Å². The fourth-order valence-electron chi connectivity index (χ4n) is 2.82. The molecule has 0 atom stereocenters. The summed E-state index contributed by atoms with van der Waals surface area (Å²) in [5.74, 6) is 0.604. The quantitative estimate of drug-likeness (QED) is 0.534. The van der Waals surface area contributed by atoms with Gasteiger partial charge >= 0.3 is 0 Å². The molecule has 2 aromatic carbocycles. The number of amides is 1. The van der Waals surface area contributed by atoms with E-state index in [-0.39, 0.29) is 11.7 Å². The van der Waals surface area contributed by atoms with Crippen LogP contribution in [0.5, 0.6) is 11.5 Å². The number of hydrogen-bond donors (Lipinski definition) is 2. The summed E-state index contributed by atoms with van der Waals surface area (Å²) < 4.78 is 19.6. The minimum absolute atomic E-state index is 0.295. The first-order chi connectivity index (χ1) is 13.1. The Balaban J connectivity index is 1.52. The van der Waals surface area contributed by atoms with E-state index in [2.05, 4.69) is 15.3 Å². The summed E-state index contributed by atoms with van der Waals surface area (Å²) in [6.07, 6.45) is 3.30. The Hall–Kier alpha value is -3.67. The third kappa shape index (κ3) is 3.50. The molecular formula is C21H16FN3O2. The number of hydrogen-bond acceptors (Lipinski definition) is 3. The van der Waals surface area contributed by atoms with Crippen molar-refractivity contribution in [2.75, 3.05) is 5.32 Å². The van der Waals surface area contributed by atoms with Crippen LogP contribution in [0.2, 0.25) is 0 Å². The SMILES string of the molecule is Cc1cc(NC(=O)c2cc3c(F)cccc3[nH]2)ccc1Oc1cccnc1. The molecule has 4 aromatic rings. The zero-order chi connectivity index (χ0) is 18.8. The molecule has 0 saturated heterocycles. The molecule has 134 valence electrons. The standard InChI is InChI=1S/C21H16FN3O2/c1-13-10-14(7-8-20(13)27-15-4-3-9-23-12-15)24-21(26)19-11-16-17(22)5-2-6-18(16)25-19/h2-12,25H,1H3,(H,24,26). The number of aromatic nitrogens is 2. The summed E-state index contributed by atoms with van der Waals surface area (Å²) in [7, 11) is 0. The fourth-order valence-corrected chi connectivity index (χ4v) is 2.82. The van der Waals surface area contributed by atoms with Gasteiger partial charge in [0.05, 0.1) is 6.20 Å². The van der Waals surface area contributed by atoms with Crippen LogP contribution in [-0.2, 0) is 0 Å². The van der Waals surface area contributed by atoms with Gasteiger partial charge in [0.2, 0.25) is 0 Å². The zero-order valence-electron chi connectivity index (χ0n) is 14.5. The van der Waals surface area contributed by atoms with E-state index in [0.29, 0.717) is 33.8 Å². The van der Waals surface area contributed by atoms with Crippen molar-refractivity contribution in [3.8, 4) is 11.5 Å². The largest absolute Gasteiger partial charge is 0.455 e. The Kier molecular flexibility index (Phi) is 4.30. The predicted octanol–water partition coefficient (Wildman–Crippen LogP) is 5.06. The van der Waals surface area contributed by atoms with Crippen LogP contribution < -0.4 is 10.1 Å². The zero-order valence-corrected chi connectivity index (χ0v) is 14.5. The van der Waals surface area contributed by atoms with E-state index >= 15 is 0 Å². The molecule has 6 heteroatoms. The van der Waals surface area contributed by atoms with Crippen molar-refractivity contribution in [1.29, 1.82) is 0 Å². The van der Waals surface area contributed by atoms with Gasteiger partial charge in [-0.3, -0.25) is 9.78 Å². The van der Waals surface area contributed by atoms with Gasteiger partial charge in [0.1, 0.15) is 23.0 Å². The lowest BCUT2D eigenvalue weighted by molar-refractivity contribution is 0.102. The normalized spacial score (nSPS) is 10.7. The van der Waals surface area contributed by atoms with Crippen LogP contribution in [0.3, 0.4) is 0 Å². The van der Waals surface area contributed by atoms with Crippen molar-refractivity contribution in [2.45, 2.75) is 6.92 Å². The molecule has 0 unspecified atom stereocenters. The summed E-state index contributed by atoms with van der Waals surface area (Å²) in [5.41, 5.74) is 2.36. The summed E-state index contributed by atoms with van der Waals surface area (Å²) >= 11 is 0. The van der Waals surface area contributed by atoms with Gasteiger partial charge in [-0.1, -0.05) is 6.07 Å². The van der Waals surface area contributed by atoms with Gasteiger partial charge in [0.15, 0.2) is 0 Å². The molecule has 0 fully saturated rings. The van der Waals surface area contributed by atoms with Crippen molar-refractivity contribution in [3.05, 3.63) is 84.1 Å². The third-order valence-electron chi connectivity index (χ3n) is 4.15. The van der Waals surface area contributed by atoms with Crippen LogP contribution in [0, 0.1) is 12.7 Å². The van der Waals surface area contributed by atoms with Crippen LogP contribution in [0.4, 0.5) is 10.1 Å². The average molecular weight is 361 g/mol. The third-order valence-corrected chi connectivity index (χ3v) is 4.15. The van der Waals surface area contributed by atoms with Crippen LogP contribution in [0.15, 0.2) is 67.0 Å². The highest BCUT2D eigenvalue weighted by Crippen LogP contribution is 2.27. The number of benzene rings is 2. The molecule has 0 aliphatic rings. The van der Waals surface area contributed by atoms with Gasteiger partial charge in [-0.25, -0.2) is 4.39 Å². The molecule has 0 saturated carbocycles. The maximum absolute atomic E-state index is 13.8. The number of carbonyl (C=O) groups excluding carboxylic acids is 1. The van der Waals surface area contributed by atoms with Gasteiger partial charge in [0, 0.05) is 22.8 Å². The number of aromatic amines is 1. The lowest BCUT2D eigenvalue weighted by Gasteiger charge is -2.10. The fraction of sp³-hybridized carbons (Fsp3) is 0.0476. The number of rotatable bonds is 4. The molecule has 0 spiro atoms. The van der Waals surface area contributed by atoms with Crippen molar-refractivity contribution in [1.82, 2.24) is 9.97 Å². The van der Waals surface area contributed by atoms with Gasteiger partial charge in [-0.2, -0.15) is 0 Å². The second-order valence-corrected chi connectivity index (χ2v) is 6.11. The highest BCUT2D eigenvalue weighted by Gasteiger charge is 2.12. The molecule has 0 aliphatic heterocycles. The molecule has 2 heterocycles. The van der Waals surface area contributed by atoms with Gasteiger partial charge in [-0.05, 0) is 61.0 Å². The lowest BCUT2D eigenvalue weighted by Crippen LogP contribution is -2.12. The van der Waals surface area contributed by atoms with E-state index in [9.17, 15) is 9.18 Å². The van der Waals surface area contributed by atoms with Crippen molar-refractivity contribution in [2.24, 2.45) is 0 Å². The Bertz CT molecular complexity index is 1120. The summed E-state index contributed by atoms with van der Waals surface area (Å²) in [6.45, 7) is 1.89. The van der Waals surface area contributed by atoms with Gasteiger partial charge in [0.25, 0.3) is 5.91 Å². The number of H-pyrrole nitrogens is 1. The summed E-state index contributed by atoms with van der Waals surface area (Å²) in [5, 5.41) is 3.20. The highest BCUT2D eigenvalue weighted by molar-refractivity contribution is 6.06. The molecular weight excluding hydrogens is 345 g/mol. The van der Waals surface area contributed by atoms with Crippen LogP contribution in [0.25, 0.3) is 10.9 Å². The van der Waals surface area contributed by atoms with E-state index in [1.807, 2.05) is 19.1 Å². The summed E-state index contributed by atoms with van der Waals surface area (Å²) in [6, 6.07) is 15.1. The lowest BCUT2D eigenvalue weighted by atomic mass is 10.2. The second kappa shape index (κ2) is 6.92. The van der Waals surface area contributed by atoms with Gasteiger partial charge in [-0.15, -0.1) is 0 Å². The second-order valence-electron chi connectivity index (χ2n) is 6.11. The maximum atomic E-state index is 13.8. The van der Waals surface area contributed by atoms with E-state index in [4.69, 9.17) is 4.74 Å². The predicted molar refractivity (Wildman–Crippen MR) is 102 cm³/mol. The number of anilines is 1. The number of aryl methyl sites for hydroxylation is 1. The molecule has 2 aromatic heterocycles. The number of nitrogens with one attached hydrogen (secondary N) is 2. The van der Waals surface area contributed by atoms with Crippen LogP contribution >= 0.6 is 0 Å². The average Bonchev–Trinajstić information content (AvgIpc) is 3.11. The van der Waals surface area contributed by atoms with Crippen LogP contribution in [0.1, 0.15) is 16.1 Å². The minimum atomic E-state index is -0.365. The van der Waals surface area contributed by atoms with Gasteiger partial charge < -0.3 is 15.0 Å². The topological polar surface area (TPSA) is 67.0 Å².